The monoisotopic (exact) mass is 353 g/mol. The molecule has 2 rings (SSSR count). The number of nitrogens with zero attached hydrogens (tertiary/aromatic N) is 1. The summed E-state index contributed by atoms with van der Waals surface area (Å²) in [5, 5.41) is 17.2. The summed E-state index contributed by atoms with van der Waals surface area (Å²) in [7, 11) is 0. The number of amides is 1. The van der Waals surface area contributed by atoms with Gasteiger partial charge in [0.05, 0.1) is 15.0 Å². The van der Waals surface area contributed by atoms with Crippen molar-refractivity contribution in [2.75, 3.05) is 17.2 Å². The molecule has 1 amide bonds. The van der Waals surface area contributed by atoms with E-state index in [-0.39, 0.29) is 24.6 Å². The molecular weight excluding hydrogens is 341 g/mol. The van der Waals surface area contributed by atoms with E-state index < -0.39 is 4.92 Å². The first-order chi connectivity index (χ1) is 11.0. The molecule has 0 saturated carbocycles. The number of benzene rings is 2. The first kappa shape index (κ1) is 17.1. The van der Waals surface area contributed by atoms with Crippen LogP contribution in [-0.2, 0) is 4.79 Å². The van der Waals surface area contributed by atoms with Crippen LogP contribution < -0.4 is 10.6 Å². The smallest absolute Gasteiger partial charge is 0.292 e. The van der Waals surface area contributed by atoms with Crippen molar-refractivity contribution in [2.24, 2.45) is 0 Å². The molecule has 0 bridgehead atoms. The largest absolute Gasteiger partial charge is 0.379 e. The molecule has 120 valence electrons. The van der Waals surface area contributed by atoms with E-state index in [9.17, 15) is 14.9 Å². The van der Waals surface area contributed by atoms with Crippen molar-refractivity contribution in [3.05, 3.63) is 62.6 Å². The third kappa shape index (κ3) is 4.84. The number of rotatable bonds is 6. The van der Waals surface area contributed by atoms with Gasteiger partial charge in [-0.15, -0.1) is 0 Å². The van der Waals surface area contributed by atoms with Gasteiger partial charge in [0.2, 0.25) is 5.91 Å². The molecule has 2 aromatic rings. The van der Waals surface area contributed by atoms with E-state index in [1.165, 1.54) is 6.07 Å². The highest BCUT2D eigenvalue weighted by Gasteiger charge is 2.12. The van der Waals surface area contributed by atoms with Crippen LogP contribution in [-0.4, -0.2) is 17.4 Å². The second kappa shape index (κ2) is 7.80. The number of hydrogen-bond donors (Lipinski definition) is 2. The summed E-state index contributed by atoms with van der Waals surface area (Å²) in [5.41, 5.74) is 0.882. The molecule has 6 nitrogen and oxygen atoms in total. The lowest BCUT2D eigenvalue weighted by atomic mass is 10.2. The second-order valence-electron chi connectivity index (χ2n) is 4.63. The summed E-state index contributed by atoms with van der Waals surface area (Å²) >= 11 is 11.7. The normalized spacial score (nSPS) is 10.2. The lowest BCUT2D eigenvalue weighted by Crippen LogP contribution is -2.16. The van der Waals surface area contributed by atoms with Crippen LogP contribution >= 0.6 is 23.2 Å². The van der Waals surface area contributed by atoms with Crippen LogP contribution in [0.25, 0.3) is 0 Å². The Morgan fingerprint density at radius 1 is 1.13 bits per heavy atom. The maximum atomic E-state index is 11.9. The molecule has 2 N–H and O–H groups in total. The molecule has 0 unspecified atom stereocenters. The zero-order chi connectivity index (χ0) is 16.8. The summed E-state index contributed by atoms with van der Waals surface area (Å²) in [6.45, 7) is 0.262. The van der Waals surface area contributed by atoms with E-state index in [4.69, 9.17) is 23.2 Å². The lowest BCUT2D eigenvalue weighted by molar-refractivity contribution is -0.384. The molecule has 0 aliphatic carbocycles. The number of hydrogen-bond acceptors (Lipinski definition) is 4. The van der Waals surface area contributed by atoms with E-state index >= 15 is 0 Å². The van der Waals surface area contributed by atoms with Gasteiger partial charge in [0.1, 0.15) is 5.69 Å². The Balaban J connectivity index is 1.88. The van der Waals surface area contributed by atoms with Crippen molar-refractivity contribution in [2.45, 2.75) is 6.42 Å². The Bertz CT molecular complexity index is 738. The van der Waals surface area contributed by atoms with Gasteiger partial charge in [0.25, 0.3) is 5.69 Å². The van der Waals surface area contributed by atoms with E-state index in [0.717, 1.165) is 0 Å². The SMILES string of the molecule is O=C(CCNc1ccccc1[N+](=O)[O-])Nc1ccc(Cl)c(Cl)c1. The molecule has 0 fully saturated rings. The van der Waals surface area contributed by atoms with Crippen molar-refractivity contribution in [1.29, 1.82) is 0 Å². The number of halogens is 2. The van der Waals surface area contributed by atoms with Gasteiger partial charge < -0.3 is 10.6 Å². The quantitative estimate of drug-likeness (QED) is 0.597. The van der Waals surface area contributed by atoms with Crippen LogP contribution in [0.1, 0.15) is 6.42 Å². The molecule has 0 saturated heterocycles. The first-order valence-electron chi connectivity index (χ1n) is 6.69. The fourth-order valence-corrected chi connectivity index (χ4v) is 2.19. The Hall–Kier alpha value is -2.31. The number of nitro benzene ring substituents is 1. The molecule has 0 aliphatic rings. The highest BCUT2D eigenvalue weighted by atomic mass is 35.5. The molecule has 0 heterocycles. The Morgan fingerprint density at radius 3 is 2.57 bits per heavy atom. The van der Waals surface area contributed by atoms with Gasteiger partial charge in [-0.2, -0.15) is 0 Å². The average molecular weight is 354 g/mol. The first-order valence-corrected chi connectivity index (χ1v) is 7.45. The molecule has 8 heteroatoms. The fraction of sp³-hybridized carbons (Fsp3) is 0.133. The predicted molar refractivity (Wildman–Crippen MR) is 91.3 cm³/mol. The number of carbonyl (C=O) groups excluding carboxylic acids is 1. The molecule has 0 atom stereocenters. The zero-order valence-corrected chi connectivity index (χ0v) is 13.4. The molecule has 0 aliphatic heterocycles. The van der Waals surface area contributed by atoms with Crippen molar-refractivity contribution in [3.63, 3.8) is 0 Å². The Morgan fingerprint density at radius 2 is 1.87 bits per heavy atom. The van der Waals surface area contributed by atoms with Gasteiger partial charge in [-0.05, 0) is 24.3 Å². The Kier molecular flexibility index (Phi) is 5.78. The molecular formula is C15H13Cl2N3O3. The van der Waals surface area contributed by atoms with Gasteiger partial charge in [0, 0.05) is 24.7 Å². The second-order valence-corrected chi connectivity index (χ2v) is 5.44. The number of nitro groups is 1. The van der Waals surface area contributed by atoms with E-state index in [2.05, 4.69) is 10.6 Å². The summed E-state index contributed by atoms with van der Waals surface area (Å²) < 4.78 is 0. The molecule has 0 aromatic heterocycles. The minimum atomic E-state index is -0.474. The number of carbonyl (C=O) groups is 1. The number of nitrogens with one attached hydrogen (secondary N) is 2. The molecule has 0 spiro atoms. The van der Waals surface area contributed by atoms with Gasteiger partial charge in [-0.3, -0.25) is 14.9 Å². The van der Waals surface area contributed by atoms with Gasteiger partial charge in [-0.1, -0.05) is 35.3 Å². The summed E-state index contributed by atoms with van der Waals surface area (Å²) in [6.07, 6.45) is 0.145. The maximum absolute atomic E-state index is 11.9. The van der Waals surface area contributed by atoms with E-state index in [0.29, 0.717) is 21.4 Å². The standard InChI is InChI=1S/C15H13Cl2N3O3/c16-11-6-5-10(9-12(11)17)19-15(21)7-8-18-13-3-1-2-4-14(13)20(22)23/h1-6,9,18H,7-8H2,(H,19,21). The topological polar surface area (TPSA) is 84.3 Å². The van der Waals surface area contributed by atoms with Crippen molar-refractivity contribution in [1.82, 2.24) is 0 Å². The lowest BCUT2D eigenvalue weighted by Gasteiger charge is -2.08. The summed E-state index contributed by atoms with van der Waals surface area (Å²) in [4.78, 5) is 22.3. The van der Waals surface area contributed by atoms with Gasteiger partial charge >= 0.3 is 0 Å². The minimum Gasteiger partial charge on any atom is -0.379 e. The van der Waals surface area contributed by atoms with Crippen molar-refractivity contribution < 1.29 is 9.72 Å². The maximum Gasteiger partial charge on any atom is 0.292 e. The summed E-state index contributed by atoms with van der Waals surface area (Å²) in [6, 6.07) is 11.0. The van der Waals surface area contributed by atoms with Crippen LogP contribution in [0.3, 0.4) is 0 Å². The van der Waals surface area contributed by atoms with Crippen LogP contribution in [0.5, 0.6) is 0 Å². The van der Waals surface area contributed by atoms with Crippen LogP contribution in [0, 0.1) is 10.1 Å². The Labute approximate surface area is 142 Å². The predicted octanol–water partition coefficient (Wildman–Crippen LogP) is 4.34. The number of para-hydroxylation sites is 2. The zero-order valence-electron chi connectivity index (χ0n) is 11.9. The molecule has 2 aromatic carbocycles. The molecule has 0 radical (unpaired) electrons. The van der Waals surface area contributed by atoms with Gasteiger partial charge in [-0.25, -0.2) is 0 Å². The third-order valence-corrected chi connectivity index (χ3v) is 3.71. The van der Waals surface area contributed by atoms with Crippen molar-refractivity contribution >= 4 is 46.2 Å². The highest BCUT2D eigenvalue weighted by Crippen LogP contribution is 2.25. The van der Waals surface area contributed by atoms with Gasteiger partial charge in [0.15, 0.2) is 0 Å². The third-order valence-electron chi connectivity index (χ3n) is 2.97. The van der Waals surface area contributed by atoms with Crippen molar-refractivity contribution in [3.8, 4) is 0 Å². The molecule has 23 heavy (non-hydrogen) atoms. The summed E-state index contributed by atoms with van der Waals surface area (Å²) in [5.74, 6) is -0.241. The minimum absolute atomic E-state index is 0.0302. The fourth-order valence-electron chi connectivity index (χ4n) is 1.89. The van der Waals surface area contributed by atoms with Crippen LogP contribution in [0.4, 0.5) is 17.1 Å². The highest BCUT2D eigenvalue weighted by molar-refractivity contribution is 6.42. The van der Waals surface area contributed by atoms with E-state index in [1.54, 1.807) is 36.4 Å². The average Bonchev–Trinajstić information content (AvgIpc) is 2.51. The number of anilines is 2. The van der Waals surface area contributed by atoms with E-state index in [1.807, 2.05) is 0 Å². The van der Waals surface area contributed by atoms with Crippen LogP contribution in [0.15, 0.2) is 42.5 Å². The van der Waals surface area contributed by atoms with Crippen LogP contribution in [0.2, 0.25) is 10.0 Å².